The van der Waals surface area contributed by atoms with Crippen molar-refractivity contribution in [3.8, 4) is 17.3 Å². The minimum Gasteiger partial charge on any atom is -0.475 e. The second kappa shape index (κ2) is 10.5. The molecule has 5 heterocycles. The van der Waals surface area contributed by atoms with Gasteiger partial charge in [0.15, 0.2) is 11.6 Å². The van der Waals surface area contributed by atoms with Crippen molar-refractivity contribution in [1.82, 2.24) is 35.3 Å². The molecule has 0 amide bonds. The summed E-state index contributed by atoms with van der Waals surface area (Å²) in [5.41, 5.74) is 2.33. The van der Waals surface area contributed by atoms with Gasteiger partial charge in [-0.05, 0) is 19.3 Å². The molecule has 1 fully saturated rings. The van der Waals surface area contributed by atoms with Gasteiger partial charge in [-0.25, -0.2) is 0 Å². The minimum atomic E-state index is -0.0629. The number of anilines is 3. The fourth-order valence-electron chi connectivity index (χ4n) is 3.95. The lowest BCUT2D eigenvalue weighted by Gasteiger charge is -2.23. The van der Waals surface area contributed by atoms with Crippen LogP contribution in [0.15, 0.2) is 41.3 Å². The molecule has 1 aliphatic rings. The van der Waals surface area contributed by atoms with E-state index in [0.717, 1.165) is 37.3 Å². The lowest BCUT2D eigenvalue weighted by atomic mass is 10.1. The predicted molar refractivity (Wildman–Crippen MR) is 128 cm³/mol. The number of nitrogens with zero attached hydrogens (tertiary/aromatic N) is 7. The van der Waals surface area contributed by atoms with E-state index in [1.807, 2.05) is 12.1 Å². The van der Waals surface area contributed by atoms with Gasteiger partial charge in [-0.2, -0.15) is 15.1 Å². The Morgan fingerprint density at radius 3 is 2.89 bits per heavy atom. The molecule has 12 nitrogen and oxygen atoms in total. The molecule has 4 aromatic rings. The van der Waals surface area contributed by atoms with E-state index in [9.17, 15) is 0 Å². The van der Waals surface area contributed by atoms with Crippen molar-refractivity contribution in [3.63, 3.8) is 0 Å². The maximum absolute atomic E-state index is 5.83. The van der Waals surface area contributed by atoms with Crippen LogP contribution in [0.4, 0.5) is 17.6 Å². The third-order valence-electron chi connectivity index (χ3n) is 5.69. The SMILES string of the molecule is CCc1cc(Nc2cc(OCCOC)nc(N3CCCC3c3cc(-c4cnccn4)no3)n2)n[nH]1. The van der Waals surface area contributed by atoms with Crippen molar-refractivity contribution >= 4 is 17.6 Å². The van der Waals surface area contributed by atoms with Gasteiger partial charge in [0.05, 0.1) is 18.8 Å². The highest BCUT2D eigenvalue weighted by molar-refractivity contribution is 5.57. The van der Waals surface area contributed by atoms with Crippen molar-refractivity contribution in [2.24, 2.45) is 0 Å². The Morgan fingerprint density at radius 1 is 1.14 bits per heavy atom. The number of H-pyrrole nitrogens is 1. The van der Waals surface area contributed by atoms with E-state index in [-0.39, 0.29) is 6.04 Å². The number of aryl methyl sites for hydroxylation is 1. The number of nitrogens with one attached hydrogen (secondary N) is 2. The Balaban J connectivity index is 1.42. The van der Waals surface area contributed by atoms with Crippen LogP contribution in [-0.4, -0.2) is 62.2 Å². The van der Waals surface area contributed by atoms with Gasteiger partial charge in [-0.15, -0.1) is 0 Å². The number of aromatic nitrogens is 7. The van der Waals surface area contributed by atoms with E-state index in [1.165, 1.54) is 0 Å². The number of aromatic amines is 1. The molecule has 4 aromatic heterocycles. The Labute approximate surface area is 202 Å². The first-order valence-electron chi connectivity index (χ1n) is 11.5. The standard InChI is InChI=1S/C23H27N9O3/c1-3-15-11-21(30-29-15)26-20-13-22(34-10-9-33-2)28-23(27-20)32-8-4-5-18(32)19-12-16(31-35-19)17-14-24-6-7-25-17/h6-7,11-14,18H,3-5,8-10H2,1-2H3,(H2,26,27,28,29,30). The van der Waals surface area contributed by atoms with Crippen LogP contribution in [0.25, 0.3) is 11.4 Å². The van der Waals surface area contributed by atoms with Crippen molar-refractivity contribution < 1.29 is 14.0 Å². The Hall–Kier alpha value is -4.06. The summed E-state index contributed by atoms with van der Waals surface area (Å²) in [6.45, 7) is 3.67. The number of rotatable bonds is 10. The predicted octanol–water partition coefficient (Wildman–Crippen LogP) is 3.32. The van der Waals surface area contributed by atoms with E-state index in [1.54, 1.807) is 31.8 Å². The summed E-state index contributed by atoms with van der Waals surface area (Å²) < 4.78 is 16.7. The summed E-state index contributed by atoms with van der Waals surface area (Å²) >= 11 is 0. The first kappa shape index (κ1) is 22.7. The molecule has 35 heavy (non-hydrogen) atoms. The van der Waals surface area contributed by atoms with Crippen LogP contribution in [0.2, 0.25) is 0 Å². The molecular weight excluding hydrogens is 450 g/mol. The van der Waals surface area contributed by atoms with Gasteiger partial charge < -0.3 is 24.2 Å². The number of methoxy groups -OCH3 is 1. The molecule has 5 rings (SSSR count). The molecule has 0 spiro atoms. The number of ether oxygens (including phenoxy) is 2. The molecule has 0 radical (unpaired) electrons. The lowest BCUT2D eigenvalue weighted by molar-refractivity contribution is 0.143. The normalized spacial score (nSPS) is 15.5. The summed E-state index contributed by atoms with van der Waals surface area (Å²) in [5, 5.41) is 14.8. The fourth-order valence-corrected chi connectivity index (χ4v) is 3.95. The van der Waals surface area contributed by atoms with Crippen LogP contribution in [0.5, 0.6) is 5.88 Å². The molecule has 0 bridgehead atoms. The van der Waals surface area contributed by atoms with Gasteiger partial charge >= 0.3 is 0 Å². The van der Waals surface area contributed by atoms with Crippen molar-refractivity contribution in [2.45, 2.75) is 32.2 Å². The highest BCUT2D eigenvalue weighted by atomic mass is 16.5. The average Bonchev–Trinajstić information content (AvgIpc) is 3.65. The summed E-state index contributed by atoms with van der Waals surface area (Å²) in [6.07, 6.45) is 7.63. The van der Waals surface area contributed by atoms with Crippen LogP contribution in [0.1, 0.15) is 37.3 Å². The van der Waals surface area contributed by atoms with E-state index < -0.39 is 0 Å². The molecule has 12 heteroatoms. The molecular formula is C23H27N9O3. The maximum atomic E-state index is 5.83. The summed E-state index contributed by atoms with van der Waals surface area (Å²) in [4.78, 5) is 20.0. The molecule has 182 valence electrons. The quantitative estimate of drug-likeness (QED) is 0.325. The van der Waals surface area contributed by atoms with E-state index in [2.05, 4.69) is 47.4 Å². The first-order chi connectivity index (χ1) is 17.2. The van der Waals surface area contributed by atoms with Gasteiger partial charge in [0, 0.05) is 49.9 Å². The van der Waals surface area contributed by atoms with E-state index >= 15 is 0 Å². The third-order valence-corrected chi connectivity index (χ3v) is 5.69. The number of hydrogen-bond donors (Lipinski definition) is 2. The zero-order chi connectivity index (χ0) is 24.0. The van der Waals surface area contributed by atoms with Crippen molar-refractivity contribution in [1.29, 1.82) is 0 Å². The summed E-state index contributed by atoms with van der Waals surface area (Å²) in [7, 11) is 1.63. The Kier molecular flexibility index (Phi) is 6.80. The average molecular weight is 478 g/mol. The maximum Gasteiger partial charge on any atom is 0.231 e. The summed E-state index contributed by atoms with van der Waals surface area (Å²) in [6, 6.07) is 5.55. The van der Waals surface area contributed by atoms with Gasteiger partial charge in [0.1, 0.15) is 23.8 Å². The Morgan fingerprint density at radius 2 is 2.09 bits per heavy atom. The zero-order valence-corrected chi connectivity index (χ0v) is 19.6. The van der Waals surface area contributed by atoms with Crippen molar-refractivity contribution in [3.05, 3.63) is 48.2 Å². The van der Waals surface area contributed by atoms with Crippen LogP contribution in [-0.2, 0) is 11.2 Å². The fraction of sp³-hybridized carbons (Fsp3) is 0.391. The van der Waals surface area contributed by atoms with Gasteiger partial charge in [-0.1, -0.05) is 12.1 Å². The first-order valence-corrected chi connectivity index (χ1v) is 11.5. The van der Waals surface area contributed by atoms with Crippen LogP contribution in [0.3, 0.4) is 0 Å². The summed E-state index contributed by atoms with van der Waals surface area (Å²) in [5.74, 6) is 2.97. The molecule has 2 N–H and O–H groups in total. The second-order valence-electron chi connectivity index (χ2n) is 8.05. The van der Waals surface area contributed by atoms with Gasteiger partial charge in [-0.3, -0.25) is 15.1 Å². The van der Waals surface area contributed by atoms with E-state index in [4.69, 9.17) is 19.0 Å². The van der Waals surface area contributed by atoms with Gasteiger partial charge in [0.2, 0.25) is 11.8 Å². The van der Waals surface area contributed by atoms with Crippen LogP contribution in [0, 0.1) is 0 Å². The van der Waals surface area contributed by atoms with Gasteiger partial charge in [0.25, 0.3) is 0 Å². The molecule has 1 atom stereocenters. The molecule has 0 saturated carbocycles. The highest BCUT2D eigenvalue weighted by Gasteiger charge is 2.32. The molecule has 0 aliphatic carbocycles. The van der Waals surface area contributed by atoms with Crippen molar-refractivity contribution in [2.75, 3.05) is 37.1 Å². The molecule has 1 aliphatic heterocycles. The molecule has 1 unspecified atom stereocenters. The molecule has 1 saturated heterocycles. The van der Waals surface area contributed by atoms with E-state index in [0.29, 0.717) is 48.1 Å². The minimum absolute atomic E-state index is 0.0629. The highest BCUT2D eigenvalue weighted by Crippen LogP contribution is 2.37. The largest absolute Gasteiger partial charge is 0.475 e. The third kappa shape index (κ3) is 5.22. The monoisotopic (exact) mass is 477 g/mol. The number of hydrogen-bond acceptors (Lipinski definition) is 11. The van der Waals surface area contributed by atoms with Crippen LogP contribution >= 0.6 is 0 Å². The Bertz CT molecular complexity index is 1240. The molecule has 0 aromatic carbocycles. The second-order valence-corrected chi connectivity index (χ2v) is 8.05. The smallest absolute Gasteiger partial charge is 0.231 e. The lowest BCUT2D eigenvalue weighted by Crippen LogP contribution is -2.25. The van der Waals surface area contributed by atoms with Crippen LogP contribution < -0.4 is 15.0 Å². The topological polar surface area (TPSA) is 140 Å². The zero-order valence-electron chi connectivity index (χ0n) is 19.6.